The van der Waals surface area contributed by atoms with E-state index in [9.17, 15) is 19.2 Å². The predicted molar refractivity (Wildman–Crippen MR) is 109 cm³/mol. The van der Waals surface area contributed by atoms with Crippen molar-refractivity contribution < 1.29 is 42.9 Å². The molecule has 168 valence electrons. The smallest absolute Gasteiger partial charge is 0.356 e. The van der Waals surface area contributed by atoms with E-state index in [0.29, 0.717) is 16.8 Å². The van der Waals surface area contributed by atoms with Gasteiger partial charge in [0.2, 0.25) is 0 Å². The molecule has 1 aromatic rings. The molecule has 0 N–H and O–H groups in total. The summed E-state index contributed by atoms with van der Waals surface area (Å²) in [5.41, 5.74) is -2.14. The molecule has 0 atom stereocenters. The monoisotopic (exact) mass is 435 g/mol. The number of para-hydroxylation sites is 1. The highest BCUT2D eigenvalue weighted by Gasteiger charge is 2.56. The predicted octanol–water partition coefficient (Wildman–Crippen LogP) is 1.38. The summed E-state index contributed by atoms with van der Waals surface area (Å²) < 4.78 is 24.1. The quantitative estimate of drug-likeness (QED) is 0.196. The Morgan fingerprint density at radius 2 is 1.35 bits per heavy atom. The van der Waals surface area contributed by atoms with Crippen LogP contribution in [0.5, 0.6) is 0 Å². The van der Waals surface area contributed by atoms with Gasteiger partial charge in [-0.15, -0.1) is 0 Å². The molecule has 1 rings (SSSR count). The highest BCUT2D eigenvalue weighted by Crippen LogP contribution is 2.30. The van der Waals surface area contributed by atoms with Crippen molar-refractivity contribution in [2.75, 3.05) is 35.5 Å². The van der Waals surface area contributed by atoms with E-state index in [-0.39, 0.29) is 0 Å². The van der Waals surface area contributed by atoms with Gasteiger partial charge in [-0.1, -0.05) is 18.2 Å². The van der Waals surface area contributed by atoms with Gasteiger partial charge >= 0.3 is 29.5 Å². The number of hydrogen-bond acceptors (Lipinski definition) is 10. The lowest BCUT2D eigenvalue weighted by molar-refractivity contribution is -0.174. The Labute approximate surface area is 179 Å². The van der Waals surface area contributed by atoms with Crippen LogP contribution in [-0.2, 0) is 42.9 Å². The number of rotatable bonds is 8. The number of methoxy groups -OCH3 is 5. The fourth-order valence-electron chi connectivity index (χ4n) is 2.76. The molecule has 0 aliphatic carbocycles. The molecule has 31 heavy (non-hydrogen) atoms. The van der Waals surface area contributed by atoms with Crippen LogP contribution >= 0.6 is 0 Å². The van der Waals surface area contributed by atoms with Crippen molar-refractivity contribution in [3.8, 4) is 0 Å². The second-order valence-electron chi connectivity index (χ2n) is 6.14. The number of carbonyl (C=O) groups is 4. The number of esters is 4. The van der Waals surface area contributed by atoms with E-state index in [1.165, 1.54) is 0 Å². The minimum absolute atomic E-state index is 0.325. The van der Waals surface area contributed by atoms with E-state index in [1.54, 1.807) is 32.0 Å². The SMILES string of the molecule is COC(=O)/C=C(/C(=O)OC)C(=Nc1c(C)cccc1C)C(OC)(C(=O)OC)C(=O)OC. The Kier molecular flexibility index (Phi) is 9.07. The number of aliphatic imine (C=N–C) groups is 1. The van der Waals surface area contributed by atoms with Gasteiger partial charge in [-0.25, -0.2) is 24.2 Å². The summed E-state index contributed by atoms with van der Waals surface area (Å²) in [6.07, 6.45) is 0.734. The van der Waals surface area contributed by atoms with Crippen LogP contribution in [0.15, 0.2) is 34.8 Å². The van der Waals surface area contributed by atoms with Crippen molar-refractivity contribution in [1.29, 1.82) is 0 Å². The first-order valence-corrected chi connectivity index (χ1v) is 8.90. The molecule has 0 bridgehead atoms. The summed E-state index contributed by atoms with van der Waals surface area (Å²) in [6, 6.07) is 5.24. The van der Waals surface area contributed by atoms with Gasteiger partial charge in [0, 0.05) is 13.2 Å². The summed E-state index contributed by atoms with van der Waals surface area (Å²) in [7, 11) is 5.19. The van der Waals surface area contributed by atoms with Gasteiger partial charge in [0.15, 0.2) is 0 Å². The fourth-order valence-corrected chi connectivity index (χ4v) is 2.76. The maximum absolute atomic E-state index is 12.8. The first-order chi connectivity index (χ1) is 14.6. The molecular formula is C21H25NO9. The highest BCUT2D eigenvalue weighted by molar-refractivity contribution is 6.38. The molecular weight excluding hydrogens is 410 g/mol. The minimum atomic E-state index is -2.65. The van der Waals surface area contributed by atoms with E-state index < -0.39 is 40.8 Å². The summed E-state index contributed by atoms with van der Waals surface area (Å²) in [5.74, 6) is -4.50. The molecule has 1 aromatic carbocycles. The van der Waals surface area contributed by atoms with Crippen LogP contribution < -0.4 is 0 Å². The maximum atomic E-state index is 12.8. The second-order valence-corrected chi connectivity index (χ2v) is 6.14. The third kappa shape index (κ3) is 5.15. The van der Waals surface area contributed by atoms with Crippen LogP contribution in [0.1, 0.15) is 11.1 Å². The van der Waals surface area contributed by atoms with E-state index in [4.69, 9.17) is 18.9 Å². The Balaban J connectivity index is 4.19. The molecule has 0 aromatic heterocycles. The van der Waals surface area contributed by atoms with Crippen molar-refractivity contribution >= 4 is 35.3 Å². The van der Waals surface area contributed by atoms with Crippen molar-refractivity contribution in [2.45, 2.75) is 19.4 Å². The van der Waals surface area contributed by atoms with Crippen molar-refractivity contribution in [3.05, 3.63) is 41.0 Å². The number of nitrogens with zero attached hydrogens (tertiary/aromatic N) is 1. The molecule has 0 fully saturated rings. The second kappa shape index (κ2) is 11.0. The van der Waals surface area contributed by atoms with Crippen molar-refractivity contribution in [2.24, 2.45) is 4.99 Å². The first kappa shape index (κ1) is 25.5. The van der Waals surface area contributed by atoms with Gasteiger partial charge in [-0.05, 0) is 25.0 Å². The van der Waals surface area contributed by atoms with Gasteiger partial charge in [0.25, 0.3) is 0 Å². The minimum Gasteiger partial charge on any atom is -0.466 e. The summed E-state index contributed by atoms with van der Waals surface area (Å²) in [6.45, 7) is 3.46. The molecule has 0 heterocycles. The average molecular weight is 435 g/mol. The fraction of sp³-hybridized carbons (Fsp3) is 0.381. The number of hydrogen-bond donors (Lipinski definition) is 0. The van der Waals surface area contributed by atoms with E-state index in [0.717, 1.165) is 41.6 Å². The topological polar surface area (TPSA) is 127 Å². The Bertz CT molecular complexity index is 895. The zero-order valence-electron chi connectivity index (χ0n) is 18.4. The lowest BCUT2D eigenvalue weighted by Gasteiger charge is -2.29. The van der Waals surface area contributed by atoms with Crippen LogP contribution in [0.25, 0.3) is 0 Å². The number of aryl methyl sites for hydroxylation is 2. The van der Waals surface area contributed by atoms with Gasteiger partial charge in [-0.3, -0.25) is 0 Å². The molecule has 0 amide bonds. The summed E-state index contributed by atoms with van der Waals surface area (Å²) in [5, 5.41) is 0. The lowest BCUT2D eigenvalue weighted by Crippen LogP contribution is -2.57. The molecule has 0 radical (unpaired) electrons. The average Bonchev–Trinajstić information content (AvgIpc) is 2.78. The van der Waals surface area contributed by atoms with Gasteiger partial charge in [0.05, 0.1) is 39.7 Å². The Hall–Kier alpha value is -3.53. The molecule has 0 aliphatic heterocycles. The maximum Gasteiger partial charge on any atom is 0.356 e. The normalized spacial score (nSPS) is 12.1. The molecule has 0 spiro atoms. The standard InChI is InChI=1S/C21H25NO9/c1-12-9-8-10-13(2)16(12)22-17(14(18(24)28-4)11-15(23)27-3)21(31-7,19(25)29-5)20(26)30-6/h8-11H,1-7H3/b14-11+,22-17?. The zero-order chi connectivity index (χ0) is 23.8. The van der Waals surface area contributed by atoms with Crippen LogP contribution in [0, 0.1) is 13.8 Å². The van der Waals surface area contributed by atoms with Gasteiger partial charge in [0.1, 0.15) is 5.71 Å². The molecule has 0 saturated heterocycles. The van der Waals surface area contributed by atoms with Crippen LogP contribution in [0.3, 0.4) is 0 Å². The molecule has 0 unspecified atom stereocenters. The number of benzene rings is 1. The van der Waals surface area contributed by atoms with Crippen LogP contribution in [0.2, 0.25) is 0 Å². The van der Waals surface area contributed by atoms with Crippen LogP contribution in [-0.4, -0.2) is 70.7 Å². The van der Waals surface area contributed by atoms with Gasteiger partial charge < -0.3 is 23.7 Å². The molecule has 0 saturated carbocycles. The summed E-state index contributed by atoms with van der Waals surface area (Å²) in [4.78, 5) is 54.6. The van der Waals surface area contributed by atoms with E-state index in [1.807, 2.05) is 0 Å². The highest BCUT2D eigenvalue weighted by atomic mass is 16.6. The largest absolute Gasteiger partial charge is 0.466 e. The first-order valence-electron chi connectivity index (χ1n) is 8.90. The summed E-state index contributed by atoms with van der Waals surface area (Å²) >= 11 is 0. The van der Waals surface area contributed by atoms with E-state index in [2.05, 4.69) is 9.73 Å². The van der Waals surface area contributed by atoms with E-state index >= 15 is 0 Å². The Morgan fingerprint density at radius 3 is 1.74 bits per heavy atom. The lowest BCUT2D eigenvalue weighted by atomic mass is 9.90. The molecule has 10 heteroatoms. The van der Waals surface area contributed by atoms with Crippen molar-refractivity contribution in [3.63, 3.8) is 0 Å². The molecule has 10 nitrogen and oxygen atoms in total. The molecule has 0 aliphatic rings. The Morgan fingerprint density at radius 1 is 0.839 bits per heavy atom. The van der Waals surface area contributed by atoms with Crippen LogP contribution in [0.4, 0.5) is 5.69 Å². The third-order valence-corrected chi connectivity index (χ3v) is 4.37. The zero-order valence-corrected chi connectivity index (χ0v) is 18.4. The number of carbonyl (C=O) groups excluding carboxylic acids is 4. The van der Waals surface area contributed by atoms with Crippen molar-refractivity contribution in [1.82, 2.24) is 0 Å². The van der Waals surface area contributed by atoms with Gasteiger partial charge in [-0.2, -0.15) is 0 Å². The third-order valence-electron chi connectivity index (χ3n) is 4.37. The number of ether oxygens (including phenoxy) is 5.